The molecule has 0 saturated heterocycles. The first-order valence-corrected chi connectivity index (χ1v) is 10.5. The number of ether oxygens (including phenoxy) is 1. The Morgan fingerprint density at radius 1 is 0.852 bits per heavy atom. The summed E-state index contributed by atoms with van der Waals surface area (Å²) in [6.07, 6.45) is -0.580. The maximum absolute atomic E-state index is 12.3. The Morgan fingerprint density at radius 3 is 1.74 bits per heavy atom. The van der Waals surface area contributed by atoms with Crippen molar-refractivity contribution in [2.45, 2.75) is 13.0 Å². The van der Waals surface area contributed by atoms with Crippen LogP contribution in [-0.4, -0.2) is 13.2 Å². The summed E-state index contributed by atoms with van der Waals surface area (Å²) in [4.78, 5) is 12.3. The lowest BCUT2D eigenvalue weighted by atomic mass is 10.1. The largest absolute Gasteiger partial charge is 0.451 e. The highest BCUT2D eigenvalue weighted by atomic mass is 31.2. The van der Waals surface area contributed by atoms with Gasteiger partial charge in [0.2, 0.25) is 0 Å². The summed E-state index contributed by atoms with van der Waals surface area (Å²) in [6.45, 7) is 2.09. The third-order valence-corrected chi connectivity index (χ3v) is 7.66. The van der Waals surface area contributed by atoms with Crippen LogP contribution in [0.1, 0.15) is 18.5 Å². The highest BCUT2D eigenvalue weighted by Gasteiger charge is 2.28. The minimum atomic E-state index is -2.59. The van der Waals surface area contributed by atoms with E-state index in [1.54, 1.807) is 0 Å². The van der Waals surface area contributed by atoms with Crippen LogP contribution >= 0.6 is 7.21 Å². The number of nitrogens with one attached hydrogen (secondary N) is 1. The Bertz CT molecular complexity index is 885. The summed E-state index contributed by atoms with van der Waals surface area (Å²) in [7, 11) is -1.24. The zero-order valence-electron chi connectivity index (χ0n) is 15.4. The predicted molar refractivity (Wildman–Crippen MR) is 112 cm³/mol. The molecule has 0 aliphatic rings. The molecule has 27 heavy (non-hydrogen) atoms. The number of hydrogen-bond donors (Lipinski definition) is 1. The van der Waals surface area contributed by atoms with Gasteiger partial charge in [0.05, 0.1) is 7.11 Å². The van der Waals surface area contributed by atoms with Crippen molar-refractivity contribution < 1.29 is 9.53 Å². The van der Waals surface area contributed by atoms with E-state index in [2.05, 4.69) is 28.9 Å². The fourth-order valence-corrected chi connectivity index (χ4v) is 6.12. The third kappa shape index (κ3) is 4.36. The van der Waals surface area contributed by atoms with Gasteiger partial charge in [-0.15, -0.1) is 0 Å². The standard InChI is InChI=1S/C22H23N2O2P/c1-18(19-12-6-3-7-13-19)23-27(24-22(25)26-2,20-14-8-4-9-15-20)21-16-10-5-11-17-21/h3-18,23H,1-2H3/t18-/m1/s1. The molecule has 0 fully saturated rings. The first-order chi connectivity index (χ1) is 13.2. The Balaban J connectivity index is 2.21. The first-order valence-electron chi connectivity index (χ1n) is 8.80. The second kappa shape index (κ2) is 8.81. The highest BCUT2D eigenvalue weighted by molar-refractivity contribution is 7.79. The van der Waals surface area contributed by atoms with Crippen LogP contribution < -0.4 is 15.7 Å². The SMILES string of the molecule is COC(=O)N=P(N[C@H](C)c1ccccc1)(c1ccccc1)c1ccccc1. The van der Waals surface area contributed by atoms with Gasteiger partial charge in [0, 0.05) is 16.7 Å². The number of carbonyl (C=O) groups excluding carboxylic acids is 1. The van der Waals surface area contributed by atoms with E-state index in [0.29, 0.717) is 0 Å². The number of carbonyl (C=O) groups is 1. The van der Waals surface area contributed by atoms with E-state index in [1.807, 2.05) is 78.9 Å². The van der Waals surface area contributed by atoms with Gasteiger partial charge in [0.1, 0.15) is 7.21 Å². The van der Waals surface area contributed by atoms with E-state index in [-0.39, 0.29) is 6.04 Å². The Morgan fingerprint density at radius 2 is 1.30 bits per heavy atom. The van der Waals surface area contributed by atoms with Crippen LogP contribution in [0.25, 0.3) is 0 Å². The lowest BCUT2D eigenvalue weighted by Crippen LogP contribution is -2.30. The van der Waals surface area contributed by atoms with Crippen molar-refractivity contribution in [1.29, 1.82) is 0 Å². The quantitative estimate of drug-likeness (QED) is 0.645. The van der Waals surface area contributed by atoms with E-state index in [4.69, 9.17) is 4.74 Å². The highest BCUT2D eigenvalue weighted by Crippen LogP contribution is 2.45. The zero-order valence-corrected chi connectivity index (χ0v) is 16.3. The Hall–Kier alpha value is -2.68. The van der Waals surface area contributed by atoms with Gasteiger partial charge >= 0.3 is 6.09 Å². The van der Waals surface area contributed by atoms with Crippen LogP contribution in [0.3, 0.4) is 0 Å². The topological polar surface area (TPSA) is 50.7 Å². The Labute approximate surface area is 160 Å². The second-order valence-electron chi connectivity index (χ2n) is 6.14. The molecule has 3 aromatic rings. The van der Waals surface area contributed by atoms with Crippen molar-refractivity contribution >= 4 is 23.9 Å². The van der Waals surface area contributed by atoms with Gasteiger partial charge in [-0.2, -0.15) is 4.74 Å². The van der Waals surface area contributed by atoms with Crippen LogP contribution in [-0.2, 0) is 4.74 Å². The molecule has 138 valence electrons. The van der Waals surface area contributed by atoms with Gasteiger partial charge in [-0.25, -0.2) is 4.79 Å². The van der Waals surface area contributed by atoms with Crippen LogP contribution in [0.2, 0.25) is 0 Å². The van der Waals surface area contributed by atoms with Gasteiger partial charge in [-0.05, 0) is 12.5 Å². The fraction of sp³-hybridized carbons (Fsp3) is 0.136. The van der Waals surface area contributed by atoms with Gasteiger partial charge in [-0.3, -0.25) is 5.09 Å². The molecule has 0 aliphatic heterocycles. The summed E-state index contributed by atoms with van der Waals surface area (Å²) >= 11 is 0. The molecular formula is C22H23N2O2P. The molecular weight excluding hydrogens is 355 g/mol. The normalized spacial score (nSPS) is 12.2. The van der Waals surface area contributed by atoms with Crippen molar-refractivity contribution in [1.82, 2.24) is 5.09 Å². The zero-order chi connectivity index (χ0) is 19.1. The van der Waals surface area contributed by atoms with E-state index in [0.717, 1.165) is 16.2 Å². The lowest BCUT2D eigenvalue weighted by Gasteiger charge is -2.30. The number of amides is 1. The fourth-order valence-electron chi connectivity index (χ4n) is 2.99. The number of rotatable bonds is 5. The summed E-state index contributed by atoms with van der Waals surface area (Å²) in [5.74, 6) is 0. The second-order valence-corrected chi connectivity index (χ2v) is 8.90. The van der Waals surface area contributed by atoms with Gasteiger partial charge in [-0.1, -0.05) is 91.0 Å². The van der Waals surface area contributed by atoms with Gasteiger partial charge in [0.15, 0.2) is 0 Å². The van der Waals surface area contributed by atoms with Crippen molar-refractivity contribution in [3.8, 4) is 0 Å². The molecule has 0 spiro atoms. The lowest BCUT2D eigenvalue weighted by molar-refractivity contribution is 0.183. The van der Waals surface area contributed by atoms with Crippen LogP contribution in [0.15, 0.2) is 95.7 Å². The monoisotopic (exact) mass is 378 g/mol. The summed E-state index contributed by atoms with van der Waals surface area (Å²) in [6, 6.07) is 30.0. The van der Waals surface area contributed by atoms with Crippen molar-refractivity contribution in [2.75, 3.05) is 7.11 Å². The van der Waals surface area contributed by atoms with Crippen molar-refractivity contribution in [3.63, 3.8) is 0 Å². The molecule has 0 heterocycles. The smallest absolute Gasteiger partial charge is 0.433 e. The molecule has 1 amide bonds. The molecule has 3 rings (SSSR count). The minimum absolute atomic E-state index is 0.00616. The van der Waals surface area contributed by atoms with Crippen LogP contribution in [0.4, 0.5) is 4.79 Å². The van der Waals surface area contributed by atoms with Crippen LogP contribution in [0, 0.1) is 0 Å². The molecule has 0 saturated carbocycles. The van der Waals surface area contributed by atoms with Gasteiger partial charge < -0.3 is 4.74 Å². The van der Waals surface area contributed by atoms with E-state index in [1.165, 1.54) is 7.11 Å². The third-order valence-electron chi connectivity index (χ3n) is 4.35. The summed E-state index contributed by atoms with van der Waals surface area (Å²) in [5, 5.41) is 5.64. The number of hydrogen-bond acceptors (Lipinski definition) is 2. The molecule has 1 atom stereocenters. The van der Waals surface area contributed by atoms with Crippen molar-refractivity contribution in [3.05, 3.63) is 96.6 Å². The first kappa shape index (κ1) is 19.1. The van der Waals surface area contributed by atoms with Crippen LogP contribution in [0.5, 0.6) is 0 Å². The molecule has 0 bridgehead atoms. The maximum Gasteiger partial charge on any atom is 0.433 e. The molecule has 0 aliphatic carbocycles. The minimum Gasteiger partial charge on any atom is -0.451 e. The van der Waals surface area contributed by atoms with Gasteiger partial charge in [0.25, 0.3) is 0 Å². The number of benzene rings is 3. The van der Waals surface area contributed by atoms with E-state index < -0.39 is 13.3 Å². The maximum atomic E-state index is 12.3. The van der Waals surface area contributed by atoms with Crippen molar-refractivity contribution in [2.24, 2.45) is 4.74 Å². The molecule has 1 N–H and O–H groups in total. The predicted octanol–water partition coefficient (Wildman–Crippen LogP) is 4.87. The molecule has 0 radical (unpaired) electrons. The van der Waals surface area contributed by atoms with E-state index >= 15 is 0 Å². The van der Waals surface area contributed by atoms with E-state index in [9.17, 15) is 4.79 Å². The molecule has 0 unspecified atom stereocenters. The molecule has 5 heteroatoms. The number of methoxy groups -OCH3 is 1. The summed E-state index contributed by atoms with van der Waals surface area (Å²) in [5.41, 5.74) is 1.13. The average molecular weight is 378 g/mol. The average Bonchev–Trinajstić information content (AvgIpc) is 2.75. The molecule has 0 aromatic heterocycles. The molecule has 3 aromatic carbocycles. The Kier molecular flexibility index (Phi) is 6.23. The number of nitrogens with zero attached hydrogens (tertiary/aromatic N) is 1. The molecule has 4 nitrogen and oxygen atoms in total. The summed E-state index contributed by atoms with van der Waals surface area (Å²) < 4.78 is 9.49.